The maximum absolute atomic E-state index is 6.27. The van der Waals surface area contributed by atoms with E-state index < -0.39 is 0 Å². The maximum atomic E-state index is 6.27. The fraction of sp³-hybridized carbons (Fsp3) is 0.250. The average molecular weight is 241 g/mol. The molecule has 0 saturated carbocycles. The van der Waals surface area contributed by atoms with Gasteiger partial charge in [0.2, 0.25) is 0 Å². The van der Waals surface area contributed by atoms with E-state index in [2.05, 4.69) is 25.1 Å². The van der Waals surface area contributed by atoms with Crippen LogP contribution in [-0.2, 0) is 0 Å². The summed E-state index contributed by atoms with van der Waals surface area (Å²) in [5.41, 5.74) is 9.74. The summed E-state index contributed by atoms with van der Waals surface area (Å²) >= 11 is 0. The van der Waals surface area contributed by atoms with Gasteiger partial charge in [0.1, 0.15) is 5.75 Å². The Labute approximate surface area is 108 Å². The number of aryl methyl sites for hydroxylation is 1. The van der Waals surface area contributed by atoms with Crippen LogP contribution >= 0.6 is 0 Å². The SMILES string of the molecule is CCOc1ccc(C(N)c2cccc(C)c2)cc1. The fourth-order valence-electron chi connectivity index (χ4n) is 1.99. The smallest absolute Gasteiger partial charge is 0.119 e. The van der Waals surface area contributed by atoms with Gasteiger partial charge in [0.15, 0.2) is 0 Å². The molecular formula is C16H19NO. The van der Waals surface area contributed by atoms with Crippen LogP contribution in [0.15, 0.2) is 48.5 Å². The molecule has 94 valence electrons. The Morgan fingerprint density at radius 3 is 2.39 bits per heavy atom. The highest BCUT2D eigenvalue weighted by Crippen LogP contribution is 2.22. The van der Waals surface area contributed by atoms with Gasteiger partial charge in [-0.3, -0.25) is 0 Å². The molecule has 0 radical (unpaired) electrons. The van der Waals surface area contributed by atoms with Crippen LogP contribution in [0.25, 0.3) is 0 Å². The summed E-state index contributed by atoms with van der Waals surface area (Å²) < 4.78 is 5.42. The zero-order chi connectivity index (χ0) is 13.0. The van der Waals surface area contributed by atoms with Gasteiger partial charge < -0.3 is 10.5 Å². The lowest BCUT2D eigenvalue weighted by molar-refractivity contribution is 0.340. The van der Waals surface area contributed by atoms with E-state index in [0.717, 1.165) is 16.9 Å². The topological polar surface area (TPSA) is 35.2 Å². The highest BCUT2D eigenvalue weighted by atomic mass is 16.5. The van der Waals surface area contributed by atoms with Crippen molar-refractivity contribution in [3.63, 3.8) is 0 Å². The van der Waals surface area contributed by atoms with E-state index in [-0.39, 0.29) is 6.04 Å². The molecule has 0 aliphatic heterocycles. The first kappa shape index (κ1) is 12.7. The highest BCUT2D eigenvalue weighted by molar-refractivity contribution is 5.36. The molecule has 0 spiro atoms. The number of hydrogen-bond acceptors (Lipinski definition) is 2. The Kier molecular flexibility index (Phi) is 4.00. The summed E-state index contributed by atoms with van der Waals surface area (Å²) in [5, 5.41) is 0. The van der Waals surface area contributed by atoms with Gasteiger partial charge in [-0.1, -0.05) is 42.0 Å². The van der Waals surface area contributed by atoms with Crippen molar-refractivity contribution < 1.29 is 4.74 Å². The lowest BCUT2D eigenvalue weighted by Gasteiger charge is -2.14. The van der Waals surface area contributed by atoms with Crippen molar-refractivity contribution >= 4 is 0 Å². The third-order valence-electron chi connectivity index (χ3n) is 2.95. The molecule has 0 amide bonds. The maximum Gasteiger partial charge on any atom is 0.119 e. The minimum Gasteiger partial charge on any atom is -0.494 e. The molecule has 0 heterocycles. The highest BCUT2D eigenvalue weighted by Gasteiger charge is 2.08. The van der Waals surface area contributed by atoms with Gasteiger partial charge in [-0.2, -0.15) is 0 Å². The molecule has 0 aliphatic rings. The van der Waals surface area contributed by atoms with Gasteiger partial charge in [0.25, 0.3) is 0 Å². The zero-order valence-electron chi connectivity index (χ0n) is 10.9. The van der Waals surface area contributed by atoms with Gasteiger partial charge in [-0.25, -0.2) is 0 Å². The van der Waals surface area contributed by atoms with Crippen molar-refractivity contribution in [1.82, 2.24) is 0 Å². The van der Waals surface area contributed by atoms with Crippen LogP contribution in [0.5, 0.6) is 5.75 Å². The van der Waals surface area contributed by atoms with Gasteiger partial charge in [-0.05, 0) is 37.1 Å². The van der Waals surface area contributed by atoms with Crippen LogP contribution < -0.4 is 10.5 Å². The molecule has 0 aliphatic carbocycles. The average Bonchev–Trinajstić information content (AvgIpc) is 2.39. The Bertz CT molecular complexity index is 505. The van der Waals surface area contributed by atoms with Crippen LogP contribution in [0.1, 0.15) is 29.7 Å². The first-order valence-corrected chi connectivity index (χ1v) is 6.25. The molecule has 2 aromatic carbocycles. The van der Waals surface area contributed by atoms with Crippen LogP contribution in [-0.4, -0.2) is 6.61 Å². The second-order valence-electron chi connectivity index (χ2n) is 4.39. The molecule has 0 fully saturated rings. The normalized spacial score (nSPS) is 12.2. The summed E-state index contributed by atoms with van der Waals surface area (Å²) in [7, 11) is 0. The standard InChI is InChI=1S/C16H19NO/c1-3-18-15-9-7-13(8-10-15)16(17)14-6-4-5-12(2)11-14/h4-11,16H,3,17H2,1-2H3. The summed E-state index contributed by atoms with van der Waals surface area (Å²) in [6.07, 6.45) is 0. The molecule has 2 N–H and O–H groups in total. The van der Waals surface area contributed by atoms with Crippen molar-refractivity contribution in [2.24, 2.45) is 5.73 Å². The molecule has 2 aromatic rings. The van der Waals surface area contributed by atoms with E-state index in [1.165, 1.54) is 5.56 Å². The van der Waals surface area contributed by atoms with E-state index in [9.17, 15) is 0 Å². The summed E-state index contributed by atoms with van der Waals surface area (Å²) in [6, 6.07) is 16.2. The van der Waals surface area contributed by atoms with Crippen molar-refractivity contribution in [2.45, 2.75) is 19.9 Å². The second-order valence-corrected chi connectivity index (χ2v) is 4.39. The minimum atomic E-state index is -0.0828. The van der Waals surface area contributed by atoms with E-state index in [4.69, 9.17) is 10.5 Å². The Balaban J connectivity index is 2.20. The monoisotopic (exact) mass is 241 g/mol. The molecular weight excluding hydrogens is 222 g/mol. The molecule has 0 aromatic heterocycles. The number of nitrogens with two attached hydrogens (primary N) is 1. The summed E-state index contributed by atoms with van der Waals surface area (Å²) in [5.74, 6) is 0.887. The quantitative estimate of drug-likeness (QED) is 0.890. The van der Waals surface area contributed by atoms with Gasteiger partial charge in [0, 0.05) is 0 Å². The largest absolute Gasteiger partial charge is 0.494 e. The fourth-order valence-corrected chi connectivity index (χ4v) is 1.99. The van der Waals surface area contributed by atoms with Crippen molar-refractivity contribution in [3.8, 4) is 5.75 Å². The van der Waals surface area contributed by atoms with Crippen LogP contribution in [0.2, 0.25) is 0 Å². The van der Waals surface area contributed by atoms with Crippen LogP contribution in [0.4, 0.5) is 0 Å². The number of hydrogen-bond donors (Lipinski definition) is 1. The molecule has 2 nitrogen and oxygen atoms in total. The first-order chi connectivity index (χ1) is 8.70. The lowest BCUT2D eigenvalue weighted by atomic mass is 9.98. The predicted octanol–water partition coefficient (Wildman–Crippen LogP) is 3.44. The molecule has 18 heavy (non-hydrogen) atoms. The number of rotatable bonds is 4. The van der Waals surface area contributed by atoms with Crippen molar-refractivity contribution in [2.75, 3.05) is 6.61 Å². The van der Waals surface area contributed by atoms with Crippen LogP contribution in [0.3, 0.4) is 0 Å². The molecule has 0 bridgehead atoms. The van der Waals surface area contributed by atoms with Gasteiger partial charge in [0.05, 0.1) is 12.6 Å². The number of ether oxygens (including phenoxy) is 1. The lowest BCUT2D eigenvalue weighted by Crippen LogP contribution is -2.11. The second kappa shape index (κ2) is 5.69. The van der Waals surface area contributed by atoms with Crippen molar-refractivity contribution in [1.29, 1.82) is 0 Å². The van der Waals surface area contributed by atoms with Crippen LogP contribution in [0, 0.1) is 6.92 Å². The Morgan fingerprint density at radius 2 is 1.78 bits per heavy atom. The minimum absolute atomic E-state index is 0.0828. The van der Waals surface area contributed by atoms with E-state index in [0.29, 0.717) is 6.61 Å². The molecule has 2 rings (SSSR count). The Morgan fingerprint density at radius 1 is 1.06 bits per heavy atom. The third-order valence-corrected chi connectivity index (χ3v) is 2.95. The zero-order valence-corrected chi connectivity index (χ0v) is 10.9. The molecule has 0 saturated heterocycles. The third kappa shape index (κ3) is 2.90. The molecule has 2 heteroatoms. The first-order valence-electron chi connectivity index (χ1n) is 6.25. The van der Waals surface area contributed by atoms with E-state index in [1.54, 1.807) is 0 Å². The van der Waals surface area contributed by atoms with E-state index >= 15 is 0 Å². The summed E-state index contributed by atoms with van der Waals surface area (Å²) in [4.78, 5) is 0. The molecule has 1 atom stereocenters. The van der Waals surface area contributed by atoms with E-state index in [1.807, 2.05) is 37.3 Å². The van der Waals surface area contributed by atoms with Gasteiger partial charge in [-0.15, -0.1) is 0 Å². The Hall–Kier alpha value is -1.80. The summed E-state index contributed by atoms with van der Waals surface area (Å²) in [6.45, 7) is 4.74. The predicted molar refractivity (Wildman–Crippen MR) is 74.8 cm³/mol. The molecule has 1 unspecified atom stereocenters. The van der Waals surface area contributed by atoms with Crippen molar-refractivity contribution in [3.05, 3.63) is 65.2 Å². The van der Waals surface area contributed by atoms with Gasteiger partial charge >= 0.3 is 0 Å². The number of benzene rings is 2.